The fraction of sp³-hybridized carbons (Fsp3) is 0.143. The lowest BCUT2D eigenvalue weighted by Crippen LogP contribution is -2.12. The first-order valence-corrected chi connectivity index (χ1v) is 11.1. The second-order valence-corrected chi connectivity index (χ2v) is 8.27. The van der Waals surface area contributed by atoms with Crippen molar-refractivity contribution in [1.29, 1.82) is 0 Å². The summed E-state index contributed by atoms with van der Waals surface area (Å²) in [4.78, 5) is 23.4. The molecule has 1 heterocycles. The zero-order valence-electron chi connectivity index (χ0n) is 19.6. The highest BCUT2D eigenvalue weighted by atomic mass is 19.1. The van der Waals surface area contributed by atoms with E-state index < -0.39 is 5.97 Å². The van der Waals surface area contributed by atoms with Gasteiger partial charge in [-0.3, -0.25) is 4.79 Å². The van der Waals surface area contributed by atoms with Crippen LogP contribution >= 0.6 is 0 Å². The SMILES string of the molecule is CC(=O)Nc1ccc(-n2c(C)ccc2-c2c(C)cccc2OCc2ccc(F)cc2)cc1C(=O)O. The number of nitrogens with one attached hydrogen (secondary N) is 1. The molecule has 6 nitrogen and oxygen atoms in total. The fourth-order valence-corrected chi connectivity index (χ4v) is 4.05. The van der Waals surface area contributed by atoms with Crippen molar-refractivity contribution < 1.29 is 23.8 Å². The van der Waals surface area contributed by atoms with Crippen LogP contribution in [0.1, 0.15) is 34.1 Å². The summed E-state index contributed by atoms with van der Waals surface area (Å²) in [5.74, 6) is -1.13. The van der Waals surface area contributed by atoms with Gasteiger partial charge in [0.2, 0.25) is 5.91 Å². The van der Waals surface area contributed by atoms with Gasteiger partial charge in [0, 0.05) is 23.9 Å². The summed E-state index contributed by atoms with van der Waals surface area (Å²) in [7, 11) is 0. The van der Waals surface area contributed by atoms with Crippen LogP contribution in [-0.4, -0.2) is 21.6 Å². The molecular formula is C28H25FN2O4. The van der Waals surface area contributed by atoms with E-state index in [2.05, 4.69) is 5.32 Å². The molecule has 2 N–H and O–H groups in total. The van der Waals surface area contributed by atoms with E-state index in [1.165, 1.54) is 19.1 Å². The highest BCUT2D eigenvalue weighted by Crippen LogP contribution is 2.37. The van der Waals surface area contributed by atoms with Crippen molar-refractivity contribution in [3.63, 3.8) is 0 Å². The fourth-order valence-electron chi connectivity index (χ4n) is 4.05. The highest BCUT2D eigenvalue weighted by molar-refractivity contribution is 6.00. The number of carbonyl (C=O) groups is 2. The van der Waals surface area contributed by atoms with Gasteiger partial charge in [0.05, 0.1) is 16.9 Å². The maximum Gasteiger partial charge on any atom is 0.337 e. The molecule has 0 unspecified atom stereocenters. The summed E-state index contributed by atoms with van der Waals surface area (Å²) in [6.45, 7) is 5.52. The monoisotopic (exact) mass is 472 g/mol. The smallest absolute Gasteiger partial charge is 0.337 e. The number of nitrogens with zero attached hydrogens (tertiary/aromatic N) is 1. The Labute approximate surface area is 202 Å². The predicted octanol–water partition coefficient (Wildman–Crippen LogP) is 6.14. The average Bonchev–Trinajstić information content (AvgIpc) is 3.19. The summed E-state index contributed by atoms with van der Waals surface area (Å²) in [5, 5.41) is 12.3. The van der Waals surface area contributed by atoms with Crippen LogP contribution in [0.3, 0.4) is 0 Å². The minimum atomic E-state index is -1.14. The largest absolute Gasteiger partial charge is 0.488 e. The molecule has 7 heteroatoms. The molecule has 0 fully saturated rings. The van der Waals surface area contributed by atoms with Crippen molar-refractivity contribution in [2.45, 2.75) is 27.4 Å². The van der Waals surface area contributed by atoms with Crippen molar-refractivity contribution in [3.05, 3.63) is 101 Å². The number of aryl methyl sites for hydroxylation is 2. The van der Waals surface area contributed by atoms with Crippen molar-refractivity contribution in [3.8, 4) is 22.7 Å². The van der Waals surface area contributed by atoms with Gasteiger partial charge in [-0.2, -0.15) is 0 Å². The summed E-state index contributed by atoms with van der Waals surface area (Å²) in [6.07, 6.45) is 0. The van der Waals surface area contributed by atoms with Crippen LogP contribution in [0.15, 0.2) is 72.8 Å². The van der Waals surface area contributed by atoms with Gasteiger partial charge in [0.25, 0.3) is 0 Å². The van der Waals surface area contributed by atoms with Crippen LogP contribution in [0.2, 0.25) is 0 Å². The molecule has 4 aromatic rings. The van der Waals surface area contributed by atoms with Crippen molar-refractivity contribution in [1.82, 2.24) is 4.57 Å². The minimum Gasteiger partial charge on any atom is -0.488 e. The van der Waals surface area contributed by atoms with Gasteiger partial charge in [0.1, 0.15) is 18.2 Å². The van der Waals surface area contributed by atoms with Crippen LogP contribution < -0.4 is 10.1 Å². The number of aromatic carboxylic acids is 1. The standard InChI is InChI=1S/C28H25FN2O4/c1-17-5-4-6-26(35-16-20-8-10-21(29)11-9-20)27(17)25-14-7-18(2)31(25)22-12-13-24(30-19(3)32)23(15-22)28(33)34/h4-15H,16H2,1-3H3,(H,30,32)(H,33,34). The average molecular weight is 473 g/mol. The number of benzene rings is 3. The normalized spacial score (nSPS) is 10.7. The zero-order chi connectivity index (χ0) is 25.1. The topological polar surface area (TPSA) is 80.6 Å². The van der Waals surface area contributed by atoms with Gasteiger partial charge in [-0.25, -0.2) is 9.18 Å². The van der Waals surface area contributed by atoms with Crippen LogP contribution in [0.25, 0.3) is 16.9 Å². The van der Waals surface area contributed by atoms with Gasteiger partial charge in [-0.15, -0.1) is 0 Å². The Hall–Kier alpha value is -4.39. The zero-order valence-corrected chi connectivity index (χ0v) is 19.6. The first kappa shape index (κ1) is 23.8. The van der Waals surface area contributed by atoms with Gasteiger partial charge in [-0.1, -0.05) is 24.3 Å². The predicted molar refractivity (Wildman–Crippen MR) is 133 cm³/mol. The van der Waals surface area contributed by atoms with E-state index in [0.29, 0.717) is 11.4 Å². The van der Waals surface area contributed by atoms with E-state index in [9.17, 15) is 19.1 Å². The van der Waals surface area contributed by atoms with E-state index in [4.69, 9.17) is 4.74 Å². The molecule has 178 valence electrons. The third-order valence-corrected chi connectivity index (χ3v) is 5.68. The molecule has 0 aliphatic rings. The van der Waals surface area contributed by atoms with Crippen molar-refractivity contribution in [2.75, 3.05) is 5.32 Å². The first-order valence-electron chi connectivity index (χ1n) is 11.1. The highest BCUT2D eigenvalue weighted by Gasteiger charge is 2.19. The number of aromatic nitrogens is 1. The number of carbonyl (C=O) groups excluding carboxylic acids is 1. The Kier molecular flexibility index (Phi) is 6.68. The van der Waals surface area contributed by atoms with Gasteiger partial charge in [0.15, 0.2) is 0 Å². The van der Waals surface area contributed by atoms with Crippen LogP contribution in [0, 0.1) is 19.7 Å². The van der Waals surface area contributed by atoms with Crippen LogP contribution in [0.5, 0.6) is 5.75 Å². The van der Waals surface area contributed by atoms with Crippen molar-refractivity contribution >= 4 is 17.6 Å². The molecule has 3 aromatic carbocycles. The van der Waals surface area contributed by atoms with Crippen molar-refractivity contribution in [2.24, 2.45) is 0 Å². The molecule has 0 atom stereocenters. The quantitative estimate of drug-likeness (QED) is 0.339. The molecule has 0 radical (unpaired) electrons. The van der Waals surface area contributed by atoms with Crippen LogP contribution in [-0.2, 0) is 11.4 Å². The number of carboxylic acids is 1. The maximum atomic E-state index is 13.3. The lowest BCUT2D eigenvalue weighted by molar-refractivity contribution is -0.114. The van der Waals surface area contributed by atoms with E-state index >= 15 is 0 Å². The molecule has 0 saturated heterocycles. The third-order valence-electron chi connectivity index (χ3n) is 5.68. The molecule has 0 bridgehead atoms. The second kappa shape index (κ2) is 9.85. The molecule has 4 rings (SSSR count). The number of hydrogen-bond acceptors (Lipinski definition) is 3. The number of ether oxygens (including phenoxy) is 1. The Bertz CT molecular complexity index is 1410. The summed E-state index contributed by atoms with van der Waals surface area (Å²) >= 11 is 0. The Morgan fingerprint density at radius 1 is 1.00 bits per heavy atom. The molecule has 0 saturated carbocycles. The lowest BCUT2D eigenvalue weighted by atomic mass is 10.0. The number of rotatable bonds is 7. The number of halogens is 1. The third kappa shape index (κ3) is 5.09. The van der Waals surface area contributed by atoms with E-state index in [0.717, 1.165) is 28.1 Å². The summed E-state index contributed by atoms with van der Waals surface area (Å²) in [6, 6.07) is 20.7. The van der Waals surface area contributed by atoms with E-state index in [-0.39, 0.29) is 29.6 Å². The van der Waals surface area contributed by atoms with Gasteiger partial charge < -0.3 is 19.7 Å². The van der Waals surface area contributed by atoms with E-state index in [1.54, 1.807) is 30.3 Å². The molecular weight excluding hydrogens is 447 g/mol. The van der Waals surface area contributed by atoms with E-state index in [1.807, 2.05) is 48.7 Å². The molecule has 0 aliphatic carbocycles. The Balaban J connectivity index is 1.78. The molecule has 0 aliphatic heterocycles. The minimum absolute atomic E-state index is 0.00526. The summed E-state index contributed by atoms with van der Waals surface area (Å²) < 4.78 is 21.4. The molecule has 1 aromatic heterocycles. The maximum absolute atomic E-state index is 13.3. The molecule has 1 amide bonds. The Morgan fingerprint density at radius 3 is 2.43 bits per heavy atom. The van der Waals surface area contributed by atoms with Gasteiger partial charge in [-0.05, 0) is 73.5 Å². The second-order valence-electron chi connectivity index (χ2n) is 8.27. The Morgan fingerprint density at radius 2 is 1.74 bits per heavy atom. The number of amides is 1. The summed E-state index contributed by atoms with van der Waals surface area (Å²) in [5.41, 5.74) is 5.29. The van der Waals surface area contributed by atoms with Crippen LogP contribution in [0.4, 0.5) is 10.1 Å². The number of hydrogen-bond donors (Lipinski definition) is 2. The number of carboxylic acid groups (broad SMARTS) is 1. The molecule has 0 spiro atoms. The molecule has 35 heavy (non-hydrogen) atoms. The first-order chi connectivity index (χ1) is 16.7. The lowest BCUT2D eigenvalue weighted by Gasteiger charge is -2.18. The number of anilines is 1. The van der Waals surface area contributed by atoms with Gasteiger partial charge >= 0.3 is 5.97 Å².